The fourth-order valence-corrected chi connectivity index (χ4v) is 4.26. The van der Waals surface area contributed by atoms with E-state index in [1.807, 2.05) is 0 Å². The Labute approximate surface area is 117 Å². The van der Waals surface area contributed by atoms with E-state index >= 15 is 0 Å². The van der Waals surface area contributed by atoms with Crippen LogP contribution in [0.4, 0.5) is 0 Å². The van der Waals surface area contributed by atoms with Gasteiger partial charge in [-0.05, 0) is 37.7 Å². The first kappa shape index (κ1) is 13.1. The van der Waals surface area contributed by atoms with E-state index in [0.717, 1.165) is 0 Å². The molecule has 2 nitrogen and oxygen atoms in total. The molecule has 2 heterocycles. The number of fused-ring (bicyclic) bond motifs is 2. The monoisotopic (exact) mass is 258 g/mol. The Kier molecular flexibility index (Phi) is 3.90. The van der Waals surface area contributed by atoms with E-state index < -0.39 is 0 Å². The predicted molar refractivity (Wildman–Crippen MR) is 79.9 cm³/mol. The number of nitrogens with zero attached hydrogens (tertiary/aromatic N) is 1. The number of hydrogen-bond donors (Lipinski definition) is 1. The summed E-state index contributed by atoms with van der Waals surface area (Å²) in [7, 11) is 0. The number of piperidine rings is 2. The summed E-state index contributed by atoms with van der Waals surface area (Å²) in [5.41, 5.74) is 7.72. The Bertz CT molecular complexity index is 389. The fraction of sp³-hybridized carbons (Fsp3) is 0.647. The summed E-state index contributed by atoms with van der Waals surface area (Å²) < 4.78 is 0. The lowest BCUT2D eigenvalue weighted by atomic mass is 9.80. The SMILES string of the molecule is CCC(c1ccccc1)N1C2CCCC1CC(N)C2. The van der Waals surface area contributed by atoms with Gasteiger partial charge in [-0.1, -0.05) is 43.7 Å². The summed E-state index contributed by atoms with van der Waals surface area (Å²) in [6, 6.07) is 13.5. The summed E-state index contributed by atoms with van der Waals surface area (Å²) in [5.74, 6) is 0. The zero-order valence-electron chi connectivity index (χ0n) is 12.0. The highest BCUT2D eigenvalue weighted by Crippen LogP contribution is 2.40. The maximum Gasteiger partial charge on any atom is 0.0351 e. The van der Waals surface area contributed by atoms with Crippen LogP contribution in [0.2, 0.25) is 0 Å². The van der Waals surface area contributed by atoms with Crippen LogP contribution in [0.25, 0.3) is 0 Å². The molecule has 2 heteroatoms. The molecule has 1 aromatic carbocycles. The van der Waals surface area contributed by atoms with E-state index in [1.54, 1.807) is 0 Å². The summed E-state index contributed by atoms with van der Waals surface area (Å²) in [6.07, 6.45) is 7.66. The third-order valence-corrected chi connectivity index (χ3v) is 5.00. The molecule has 3 rings (SSSR count). The van der Waals surface area contributed by atoms with Crippen LogP contribution < -0.4 is 5.73 Å². The van der Waals surface area contributed by atoms with Gasteiger partial charge in [-0.15, -0.1) is 0 Å². The van der Waals surface area contributed by atoms with Gasteiger partial charge in [0.05, 0.1) is 0 Å². The molecule has 104 valence electrons. The van der Waals surface area contributed by atoms with E-state index in [1.165, 1.54) is 44.1 Å². The van der Waals surface area contributed by atoms with Crippen molar-refractivity contribution in [3.8, 4) is 0 Å². The van der Waals surface area contributed by atoms with Gasteiger partial charge in [-0.2, -0.15) is 0 Å². The second-order valence-electron chi connectivity index (χ2n) is 6.25. The van der Waals surface area contributed by atoms with E-state index in [9.17, 15) is 0 Å². The molecule has 0 spiro atoms. The topological polar surface area (TPSA) is 29.3 Å². The van der Waals surface area contributed by atoms with Crippen molar-refractivity contribution in [1.29, 1.82) is 0 Å². The average Bonchev–Trinajstić information content (AvgIpc) is 2.41. The van der Waals surface area contributed by atoms with E-state index in [-0.39, 0.29) is 0 Å². The third-order valence-electron chi connectivity index (χ3n) is 5.00. The fourth-order valence-electron chi connectivity index (χ4n) is 4.26. The predicted octanol–water partition coefficient (Wildman–Crippen LogP) is 3.48. The Hall–Kier alpha value is -0.860. The van der Waals surface area contributed by atoms with Gasteiger partial charge in [-0.25, -0.2) is 0 Å². The van der Waals surface area contributed by atoms with Crippen LogP contribution in [-0.4, -0.2) is 23.0 Å². The number of benzene rings is 1. The smallest absolute Gasteiger partial charge is 0.0351 e. The lowest BCUT2D eigenvalue weighted by Gasteiger charge is -2.51. The van der Waals surface area contributed by atoms with Crippen molar-refractivity contribution in [2.75, 3.05) is 0 Å². The van der Waals surface area contributed by atoms with Crippen LogP contribution in [0.15, 0.2) is 30.3 Å². The molecular weight excluding hydrogens is 232 g/mol. The van der Waals surface area contributed by atoms with Crippen molar-refractivity contribution < 1.29 is 0 Å². The molecule has 0 aliphatic carbocycles. The molecule has 2 N–H and O–H groups in total. The minimum absolute atomic E-state index is 0.430. The van der Waals surface area contributed by atoms with E-state index in [0.29, 0.717) is 24.2 Å². The van der Waals surface area contributed by atoms with Crippen LogP contribution >= 0.6 is 0 Å². The number of rotatable bonds is 3. The molecule has 2 bridgehead atoms. The molecule has 19 heavy (non-hydrogen) atoms. The molecule has 0 aromatic heterocycles. The summed E-state index contributed by atoms with van der Waals surface area (Å²) in [6.45, 7) is 2.32. The van der Waals surface area contributed by atoms with Crippen molar-refractivity contribution >= 4 is 0 Å². The molecule has 2 saturated heterocycles. The Balaban J connectivity index is 1.86. The Morgan fingerprint density at radius 3 is 2.37 bits per heavy atom. The lowest BCUT2D eigenvalue weighted by Crippen LogP contribution is -2.56. The second kappa shape index (κ2) is 5.64. The normalized spacial score (nSPS) is 33.1. The molecule has 0 radical (unpaired) electrons. The molecule has 2 aliphatic heterocycles. The van der Waals surface area contributed by atoms with Gasteiger partial charge in [0.1, 0.15) is 0 Å². The molecule has 3 unspecified atom stereocenters. The highest BCUT2D eigenvalue weighted by molar-refractivity contribution is 5.20. The van der Waals surface area contributed by atoms with E-state index in [2.05, 4.69) is 42.2 Å². The maximum absolute atomic E-state index is 6.24. The molecular formula is C17H26N2. The molecule has 1 aromatic rings. The first-order valence-corrected chi connectivity index (χ1v) is 7.87. The minimum Gasteiger partial charge on any atom is -0.328 e. The average molecular weight is 258 g/mol. The summed E-state index contributed by atoms with van der Waals surface area (Å²) >= 11 is 0. The van der Waals surface area contributed by atoms with Crippen molar-refractivity contribution in [1.82, 2.24) is 4.90 Å². The minimum atomic E-state index is 0.430. The van der Waals surface area contributed by atoms with E-state index in [4.69, 9.17) is 5.73 Å². The maximum atomic E-state index is 6.24. The second-order valence-corrected chi connectivity index (χ2v) is 6.25. The van der Waals surface area contributed by atoms with Crippen molar-refractivity contribution in [2.24, 2.45) is 5.73 Å². The van der Waals surface area contributed by atoms with Gasteiger partial charge in [0.15, 0.2) is 0 Å². The molecule has 0 amide bonds. The first-order valence-electron chi connectivity index (χ1n) is 7.87. The highest BCUT2D eigenvalue weighted by atomic mass is 15.2. The molecule has 2 fully saturated rings. The largest absolute Gasteiger partial charge is 0.328 e. The molecule has 2 aliphatic rings. The third kappa shape index (κ3) is 2.56. The number of hydrogen-bond acceptors (Lipinski definition) is 2. The van der Waals surface area contributed by atoms with Crippen molar-refractivity contribution in [3.05, 3.63) is 35.9 Å². The van der Waals surface area contributed by atoms with Gasteiger partial charge in [0, 0.05) is 24.2 Å². The van der Waals surface area contributed by atoms with Gasteiger partial charge in [0.25, 0.3) is 0 Å². The highest BCUT2D eigenvalue weighted by Gasteiger charge is 2.40. The zero-order chi connectivity index (χ0) is 13.2. The standard InChI is InChI=1S/C17H26N2/c1-2-17(13-7-4-3-5-8-13)19-15-9-6-10-16(19)12-14(18)11-15/h3-5,7-8,14-17H,2,6,9-12,18H2,1H3. The van der Waals surface area contributed by atoms with Crippen molar-refractivity contribution in [2.45, 2.75) is 69.6 Å². The van der Waals surface area contributed by atoms with Crippen molar-refractivity contribution in [3.63, 3.8) is 0 Å². The Morgan fingerprint density at radius 2 is 1.79 bits per heavy atom. The van der Waals surface area contributed by atoms with Gasteiger partial charge >= 0.3 is 0 Å². The molecule has 3 atom stereocenters. The van der Waals surface area contributed by atoms with Crippen LogP contribution in [0, 0.1) is 0 Å². The first-order chi connectivity index (χ1) is 9.29. The van der Waals surface area contributed by atoms with Crippen LogP contribution in [0.5, 0.6) is 0 Å². The molecule has 0 saturated carbocycles. The quantitative estimate of drug-likeness (QED) is 0.899. The summed E-state index contributed by atoms with van der Waals surface area (Å²) in [5, 5.41) is 0. The number of nitrogens with two attached hydrogens (primary N) is 1. The Morgan fingerprint density at radius 1 is 1.16 bits per heavy atom. The van der Waals surface area contributed by atoms with Crippen LogP contribution in [-0.2, 0) is 0 Å². The van der Waals surface area contributed by atoms with Crippen LogP contribution in [0.3, 0.4) is 0 Å². The summed E-state index contributed by atoms with van der Waals surface area (Å²) in [4.78, 5) is 2.81. The van der Waals surface area contributed by atoms with Gasteiger partial charge < -0.3 is 5.73 Å². The zero-order valence-corrected chi connectivity index (χ0v) is 12.0. The lowest BCUT2D eigenvalue weighted by molar-refractivity contribution is -0.00786. The van der Waals surface area contributed by atoms with Gasteiger partial charge in [0.2, 0.25) is 0 Å². The van der Waals surface area contributed by atoms with Gasteiger partial charge in [-0.3, -0.25) is 4.90 Å². The van der Waals surface area contributed by atoms with Crippen LogP contribution in [0.1, 0.15) is 57.1 Å².